The van der Waals surface area contributed by atoms with Gasteiger partial charge in [0.1, 0.15) is 0 Å². The lowest BCUT2D eigenvalue weighted by Crippen LogP contribution is -2.10. The molecule has 0 aromatic heterocycles. The third kappa shape index (κ3) is 6.77. The van der Waals surface area contributed by atoms with Crippen LogP contribution >= 0.6 is 0 Å². The summed E-state index contributed by atoms with van der Waals surface area (Å²) in [6.45, 7) is 0. The fraction of sp³-hybridized carbons (Fsp3) is 0. The van der Waals surface area contributed by atoms with Crippen LogP contribution in [0.4, 0.5) is 17.1 Å². The molecule has 0 saturated carbocycles. The molecule has 0 unspecified atom stereocenters. The molecule has 1 heteroatoms. The standard InChI is InChI=1S/C56H39N/c1-3-13-40(14-4-1)47-20-11-21-48(37-47)42-27-32-51(33-28-42)57(53-23-12-22-49(39-53)50-26-25-41-15-7-8-19-46(41)38-50)52-34-29-44(30-35-52)55-36-31-43-16-9-10-24-54(43)56(55)45-17-5-2-6-18-45/h1-39H/i27D,28D,29D,30D,32D,33D,34D,35D. The highest BCUT2D eigenvalue weighted by Crippen LogP contribution is 2.42. The smallest absolute Gasteiger partial charge is 0.0645 e. The summed E-state index contributed by atoms with van der Waals surface area (Å²) < 4.78 is 77.2. The maximum absolute atomic E-state index is 9.78. The van der Waals surface area contributed by atoms with Crippen LogP contribution in [-0.2, 0) is 0 Å². The first kappa shape index (κ1) is 26.3. The normalized spacial score (nSPS) is 13.1. The Hall–Kier alpha value is -7.48. The predicted octanol–water partition coefficient (Wildman–Crippen LogP) is 15.8. The molecule has 0 bridgehead atoms. The van der Waals surface area contributed by atoms with Crippen LogP contribution in [0.15, 0.2) is 236 Å². The molecule has 0 aliphatic rings. The van der Waals surface area contributed by atoms with E-state index in [9.17, 15) is 11.0 Å². The topological polar surface area (TPSA) is 3.24 Å². The number of hydrogen-bond donors (Lipinski definition) is 0. The molecule has 57 heavy (non-hydrogen) atoms. The molecule has 10 rings (SSSR count). The van der Waals surface area contributed by atoms with E-state index in [1.807, 2.05) is 164 Å². The van der Waals surface area contributed by atoms with Crippen molar-refractivity contribution in [3.05, 3.63) is 236 Å². The number of anilines is 3. The zero-order valence-electron chi connectivity index (χ0n) is 38.8. The average Bonchev–Trinajstić information content (AvgIpc) is 3.35. The van der Waals surface area contributed by atoms with E-state index in [-0.39, 0.29) is 46.7 Å². The van der Waals surface area contributed by atoms with Gasteiger partial charge in [0, 0.05) is 17.1 Å². The summed E-state index contributed by atoms with van der Waals surface area (Å²) in [5.74, 6) is 0. The monoisotopic (exact) mass is 733 g/mol. The SMILES string of the molecule is [2H]c1c([2H])c(N(c2cccc(-c3ccc4ccccc4c3)c2)c2c([2H])c([2H])c(-c3ccc4ccccc4c3-c3ccccc3)c([2H])c2[2H])c([2H])c([2H])c1-c1cccc(-c2ccccc2)c1. The third-order valence-corrected chi connectivity index (χ3v) is 10.4. The van der Waals surface area contributed by atoms with E-state index in [1.165, 1.54) is 4.90 Å². The molecule has 268 valence electrons. The van der Waals surface area contributed by atoms with E-state index in [1.54, 1.807) is 18.2 Å². The van der Waals surface area contributed by atoms with E-state index in [4.69, 9.17) is 0 Å². The Balaban J connectivity index is 1.22. The molecule has 0 N–H and O–H groups in total. The Morgan fingerprint density at radius 1 is 0.281 bits per heavy atom. The lowest BCUT2D eigenvalue weighted by Gasteiger charge is -2.26. The van der Waals surface area contributed by atoms with Crippen molar-refractivity contribution in [3.8, 4) is 55.6 Å². The average molecular weight is 734 g/mol. The molecule has 10 aromatic rings. The van der Waals surface area contributed by atoms with Gasteiger partial charge in [-0.15, -0.1) is 0 Å². The van der Waals surface area contributed by atoms with Gasteiger partial charge >= 0.3 is 0 Å². The van der Waals surface area contributed by atoms with Crippen LogP contribution in [0, 0.1) is 0 Å². The first-order valence-electron chi connectivity index (χ1n) is 22.9. The fourth-order valence-electron chi connectivity index (χ4n) is 7.56. The van der Waals surface area contributed by atoms with Gasteiger partial charge in [-0.3, -0.25) is 0 Å². The van der Waals surface area contributed by atoms with E-state index < -0.39 is 24.2 Å². The molecule has 0 heterocycles. The van der Waals surface area contributed by atoms with Crippen LogP contribution in [-0.4, -0.2) is 0 Å². The Bertz CT molecular complexity index is 3420. The van der Waals surface area contributed by atoms with Crippen LogP contribution in [0.3, 0.4) is 0 Å². The second-order valence-corrected chi connectivity index (χ2v) is 13.9. The first-order valence-corrected chi connectivity index (χ1v) is 18.9. The van der Waals surface area contributed by atoms with Gasteiger partial charge in [0.05, 0.1) is 11.0 Å². The molecule has 0 spiro atoms. The molecule has 0 saturated heterocycles. The molecular formula is C56H39N. The van der Waals surface area contributed by atoms with Crippen molar-refractivity contribution in [2.24, 2.45) is 0 Å². The van der Waals surface area contributed by atoms with Gasteiger partial charge in [-0.25, -0.2) is 0 Å². The van der Waals surface area contributed by atoms with Crippen molar-refractivity contribution < 1.29 is 11.0 Å². The molecule has 0 fully saturated rings. The quantitative estimate of drug-likeness (QED) is 0.150. The number of benzene rings is 10. The van der Waals surface area contributed by atoms with Gasteiger partial charge in [0.15, 0.2) is 0 Å². The number of nitrogens with zero attached hydrogens (tertiary/aromatic N) is 1. The van der Waals surface area contributed by atoms with Crippen molar-refractivity contribution in [2.75, 3.05) is 4.90 Å². The van der Waals surface area contributed by atoms with Gasteiger partial charge < -0.3 is 4.90 Å². The van der Waals surface area contributed by atoms with Crippen molar-refractivity contribution in [3.63, 3.8) is 0 Å². The van der Waals surface area contributed by atoms with Gasteiger partial charge in [0.2, 0.25) is 0 Å². The van der Waals surface area contributed by atoms with Crippen LogP contribution in [0.5, 0.6) is 0 Å². The van der Waals surface area contributed by atoms with E-state index in [2.05, 4.69) is 6.07 Å². The highest BCUT2D eigenvalue weighted by atomic mass is 15.1. The third-order valence-electron chi connectivity index (χ3n) is 10.4. The van der Waals surface area contributed by atoms with Crippen LogP contribution in [0.2, 0.25) is 0 Å². The maximum atomic E-state index is 9.78. The minimum Gasteiger partial charge on any atom is -0.310 e. The second-order valence-electron chi connectivity index (χ2n) is 13.9. The lowest BCUT2D eigenvalue weighted by atomic mass is 9.90. The molecule has 0 aliphatic heterocycles. The number of hydrogen-bond acceptors (Lipinski definition) is 1. The lowest BCUT2D eigenvalue weighted by molar-refractivity contribution is 1.28. The Kier molecular flexibility index (Phi) is 6.92. The van der Waals surface area contributed by atoms with Crippen LogP contribution < -0.4 is 4.90 Å². The minimum atomic E-state index is -0.402. The number of rotatable bonds is 8. The van der Waals surface area contributed by atoms with Crippen LogP contribution in [0.1, 0.15) is 11.0 Å². The van der Waals surface area contributed by atoms with E-state index in [0.29, 0.717) is 16.8 Å². The fourth-order valence-corrected chi connectivity index (χ4v) is 7.56. The van der Waals surface area contributed by atoms with Crippen molar-refractivity contribution in [1.82, 2.24) is 0 Å². The molecule has 0 radical (unpaired) electrons. The molecule has 10 aromatic carbocycles. The Labute approximate surface area is 345 Å². The summed E-state index contributed by atoms with van der Waals surface area (Å²) in [5, 5.41) is 3.94. The predicted molar refractivity (Wildman–Crippen MR) is 243 cm³/mol. The van der Waals surface area contributed by atoms with Gasteiger partial charge in [-0.1, -0.05) is 188 Å². The second kappa shape index (κ2) is 15.0. The molecule has 0 amide bonds. The van der Waals surface area contributed by atoms with Crippen LogP contribution in [0.25, 0.3) is 77.2 Å². The van der Waals surface area contributed by atoms with Crippen molar-refractivity contribution >= 4 is 38.6 Å². The largest absolute Gasteiger partial charge is 0.310 e. The van der Waals surface area contributed by atoms with Crippen molar-refractivity contribution in [2.45, 2.75) is 0 Å². The Morgan fingerprint density at radius 2 is 0.789 bits per heavy atom. The zero-order chi connectivity index (χ0) is 44.9. The summed E-state index contributed by atoms with van der Waals surface area (Å²) in [4.78, 5) is 1.37. The summed E-state index contributed by atoms with van der Waals surface area (Å²) in [6, 6.07) is 56.9. The van der Waals surface area contributed by atoms with Gasteiger partial charge in [-0.05, 0) is 126 Å². The molecular weight excluding hydrogens is 687 g/mol. The van der Waals surface area contributed by atoms with E-state index >= 15 is 0 Å². The summed E-state index contributed by atoms with van der Waals surface area (Å²) in [6.07, 6.45) is 0. The van der Waals surface area contributed by atoms with E-state index in [0.717, 1.165) is 54.9 Å². The summed E-state index contributed by atoms with van der Waals surface area (Å²) in [7, 11) is 0. The first-order chi connectivity index (χ1) is 31.6. The highest BCUT2D eigenvalue weighted by molar-refractivity contribution is 6.04. The molecule has 0 aliphatic carbocycles. The van der Waals surface area contributed by atoms with Gasteiger partial charge in [-0.2, -0.15) is 0 Å². The number of fused-ring (bicyclic) bond motifs is 2. The molecule has 0 atom stereocenters. The minimum absolute atomic E-state index is 0.103. The van der Waals surface area contributed by atoms with Crippen molar-refractivity contribution in [1.29, 1.82) is 0 Å². The summed E-state index contributed by atoms with van der Waals surface area (Å²) >= 11 is 0. The molecule has 1 nitrogen and oxygen atoms in total. The summed E-state index contributed by atoms with van der Waals surface area (Å²) in [5.41, 5.74) is 6.19. The highest BCUT2D eigenvalue weighted by Gasteiger charge is 2.17. The Morgan fingerprint density at radius 3 is 1.51 bits per heavy atom. The zero-order valence-corrected chi connectivity index (χ0v) is 30.8. The van der Waals surface area contributed by atoms with Gasteiger partial charge in [0.25, 0.3) is 0 Å². The maximum Gasteiger partial charge on any atom is 0.0645 e.